The third-order valence-electron chi connectivity index (χ3n) is 9.86. The molecule has 17 nitrogen and oxygen atoms in total. The van der Waals surface area contributed by atoms with E-state index in [2.05, 4.69) is 16.0 Å². The van der Waals surface area contributed by atoms with Gasteiger partial charge in [-0.1, -0.05) is 107 Å². The van der Waals surface area contributed by atoms with E-state index in [0.717, 1.165) is 76.2 Å². The number of unbranched alkanes of at least 4 members (excludes halogenated alkanes) is 14. The van der Waals surface area contributed by atoms with Crippen molar-refractivity contribution in [3.05, 3.63) is 35.4 Å². The molecule has 0 aliphatic carbocycles. The molecule has 1 rings (SSSR count). The van der Waals surface area contributed by atoms with Gasteiger partial charge in [0.15, 0.2) is 5.78 Å². The summed E-state index contributed by atoms with van der Waals surface area (Å²) in [6.07, 6.45) is 13.8. The number of carbonyl (C=O) groups is 7. The van der Waals surface area contributed by atoms with Crippen LogP contribution in [0.3, 0.4) is 0 Å². The number of carbonyl (C=O) groups excluding carboxylic acids is 5. The summed E-state index contributed by atoms with van der Waals surface area (Å²) in [5.74, 6) is -8.01. The van der Waals surface area contributed by atoms with Crippen LogP contribution in [0.1, 0.15) is 166 Å². The van der Waals surface area contributed by atoms with Crippen LogP contribution in [0, 0.1) is 12.8 Å². The lowest BCUT2D eigenvalue weighted by molar-refractivity contribution is -0.144. The van der Waals surface area contributed by atoms with Gasteiger partial charge in [0, 0.05) is 39.2 Å². The Kier molecular flexibility index (Phi) is 32.6. The topological polar surface area (TPSA) is 297 Å². The molecule has 0 radical (unpaired) electrons. The smallest absolute Gasteiger partial charge is 0.306 e. The zero-order chi connectivity index (χ0) is 47.3. The average molecular weight is 893 g/mol. The lowest BCUT2D eigenvalue weighted by atomic mass is 9.94. The van der Waals surface area contributed by atoms with Gasteiger partial charge >= 0.3 is 11.9 Å². The van der Waals surface area contributed by atoms with Crippen LogP contribution in [0.5, 0.6) is 0 Å². The Hall–Kier alpha value is -4.49. The van der Waals surface area contributed by atoms with Gasteiger partial charge in [-0.15, -0.1) is 0 Å². The van der Waals surface area contributed by atoms with E-state index in [1.54, 1.807) is 12.1 Å². The molecule has 0 aliphatic heterocycles. The first-order chi connectivity index (χ1) is 29.5. The highest BCUT2D eigenvalue weighted by atomic mass is 32.2. The molecule has 1 aromatic rings. The van der Waals surface area contributed by atoms with Gasteiger partial charge in [-0.3, -0.25) is 38.1 Å². The molecule has 61 heavy (non-hydrogen) atoms. The third kappa shape index (κ3) is 32.0. The molecule has 1 aromatic carbocycles. The second-order valence-corrected chi connectivity index (χ2v) is 16.6. The monoisotopic (exact) mass is 892 g/mol. The molecule has 0 saturated carbocycles. The van der Waals surface area contributed by atoms with Crippen molar-refractivity contribution in [2.24, 2.45) is 11.7 Å². The standard InChI is InChI=1S/C41H66N4O12S.CH4.FHO/c1-30-21-23-31(24-22-30)40(52)43-27-17-16-18-33(39(42)51)44-37(48)26-25-32(41(53)54)28-35(46)34(29-58(55,56)57)45-36(47)19-14-12-10-8-6-4-2-3-5-7-9-11-13-15-20-38(49)50;;1-2/h21-24,32-34H,2-20,25-29H2,1H3,(H2,42,51)(H,43,52)(H,44,48)(H,45,47)(H,49,50)(H,53,54)(H,55,56,57);1H4;2H/i;1T;. The summed E-state index contributed by atoms with van der Waals surface area (Å²) in [6, 6.07) is 4.32. The summed E-state index contributed by atoms with van der Waals surface area (Å²) in [4.78, 5) is 85.1. The molecular weight excluding hydrogens is 820 g/mol. The maximum absolute atomic E-state index is 13.1. The van der Waals surface area contributed by atoms with E-state index in [9.17, 15) is 51.6 Å². The van der Waals surface area contributed by atoms with E-state index in [4.69, 9.17) is 22.0 Å². The van der Waals surface area contributed by atoms with Crippen molar-refractivity contribution >= 4 is 51.5 Å². The fourth-order valence-electron chi connectivity index (χ4n) is 6.41. The highest BCUT2D eigenvalue weighted by molar-refractivity contribution is 7.85. The van der Waals surface area contributed by atoms with Gasteiger partial charge in [0.05, 0.1) is 5.92 Å². The molecule has 0 aliphatic rings. The predicted molar refractivity (Wildman–Crippen MR) is 228 cm³/mol. The number of benzene rings is 1. The first kappa shape index (κ1) is 56.5. The molecule has 3 unspecified atom stereocenters. The lowest BCUT2D eigenvalue weighted by Crippen LogP contribution is -2.46. The van der Waals surface area contributed by atoms with Gasteiger partial charge in [0.2, 0.25) is 17.7 Å². The number of rotatable bonds is 35. The number of ketones is 1. The Labute approximate surface area is 361 Å². The van der Waals surface area contributed by atoms with Crippen molar-refractivity contribution in [1.82, 2.24) is 16.0 Å². The Bertz CT molecular complexity index is 1570. The molecule has 0 heterocycles. The normalized spacial score (nSPS) is 12.4. The van der Waals surface area contributed by atoms with Crippen LogP contribution in [0.25, 0.3) is 0 Å². The number of carboxylic acids is 2. The van der Waals surface area contributed by atoms with E-state index < -0.39 is 82.2 Å². The molecule has 4 amide bonds. The Morgan fingerprint density at radius 2 is 1.15 bits per heavy atom. The quantitative estimate of drug-likeness (QED) is 0.0309. The summed E-state index contributed by atoms with van der Waals surface area (Å²) in [5.41, 5.74) is 6.98. The van der Waals surface area contributed by atoms with E-state index in [1.807, 2.05) is 19.1 Å². The molecular formula is C42H71FN4O13S. The van der Waals surface area contributed by atoms with Crippen LogP contribution in [-0.2, 0) is 38.9 Å². The van der Waals surface area contributed by atoms with Crippen LogP contribution in [0.15, 0.2) is 24.3 Å². The molecule has 0 aromatic heterocycles. The van der Waals surface area contributed by atoms with Crippen LogP contribution < -0.4 is 21.7 Å². The van der Waals surface area contributed by atoms with Crippen molar-refractivity contribution in [1.29, 1.82) is 0 Å². The number of nitrogens with one attached hydrogen (secondary N) is 3. The summed E-state index contributed by atoms with van der Waals surface area (Å²) >= 11 is 0. The van der Waals surface area contributed by atoms with Crippen molar-refractivity contribution in [2.45, 2.75) is 168 Å². The number of nitrogens with two attached hydrogens (primary N) is 1. The molecule has 3 atom stereocenters. The average Bonchev–Trinajstić information content (AvgIpc) is 3.22. The maximum Gasteiger partial charge on any atom is 0.306 e. The van der Waals surface area contributed by atoms with Gasteiger partial charge < -0.3 is 31.9 Å². The maximum atomic E-state index is 13.1. The number of amides is 4. The fraction of sp³-hybridized carbons (Fsp3) is 0.690. The number of primary amides is 1. The first-order valence-electron chi connectivity index (χ1n) is 21.8. The molecule has 0 saturated heterocycles. The minimum absolute atomic E-state index is 0.0111. The second-order valence-electron chi connectivity index (χ2n) is 15.1. The largest absolute Gasteiger partial charge is 0.481 e. The van der Waals surface area contributed by atoms with Crippen molar-refractivity contribution in [3.8, 4) is 0 Å². The molecule has 350 valence electrons. The van der Waals surface area contributed by atoms with Crippen molar-refractivity contribution in [3.63, 3.8) is 0 Å². The number of halogens is 1. The van der Waals surface area contributed by atoms with E-state index in [0.29, 0.717) is 31.4 Å². The van der Waals surface area contributed by atoms with Gasteiger partial charge in [-0.25, -0.2) is 5.31 Å². The molecule has 19 heteroatoms. The molecule has 0 fully saturated rings. The molecule has 0 spiro atoms. The van der Waals surface area contributed by atoms with Crippen molar-refractivity contribution < 1.29 is 68.0 Å². The number of carboxylic acid groups (broad SMARTS) is 2. The van der Waals surface area contributed by atoms with Crippen molar-refractivity contribution in [2.75, 3.05) is 12.3 Å². The van der Waals surface area contributed by atoms with Crippen LogP contribution in [0.2, 0.25) is 0 Å². The second kappa shape index (κ2) is 35.1. The minimum Gasteiger partial charge on any atom is -0.481 e. The zero-order valence-electron chi connectivity index (χ0n) is 36.8. The van der Waals surface area contributed by atoms with Gasteiger partial charge in [-0.2, -0.15) is 8.42 Å². The Morgan fingerprint density at radius 1 is 0.689 bits per heavy atom. The SMILES string of the molecule is Cc1ccc(C(=O)NCCCCC(NC(=O)CCC(CC(=O)C(CS(=O)(=O)O)NC(=O)CCCCCCCCCCCCCCCCC(=O)O)C(=O)O)C(N)=O)cc1.OF.[3H]C. The third-order valence-corrected chi connectivity index (χ3v) is 10.6. The number of aryl methyl sites for hydroxylation is 1. The first-order valence-corrected chi connectivity index (χ1v) is 22.4. The van der Waals surface area contributed by atoms with E-state index in [-0.39, 0.29) is 31.6 Å². The predicted octanol–water partition coefficient (Wildman–Crippen LogP) is 5.50. The van der Waals surface area contributed by atoms with Gasteiger partial charge in [0.25, 0.3) is 16.0 Å². The summed E-state index contributed by atoms with van der Waals surface area (Å²) in [7, 11) is -3.48. The number of aliphatic carboxylic acids is 2. The zero-order valence-corrected chi connectivity index (χ0v) is 36.7. The van der Waals surface area contributed by atoms with Gasteiger partial charge in [0.1, 0.15) is 17.8 Å². The Morgan fingerprint density at radius 3 is 1.61 bits per heavy atom. The highest BCUT2D eigenvalue weighted by Gasteiger charge is 2.31. The Balaban J connectivity index is 0. The van der Waals surface area contributed by atoms with Crippen LogP contribution in [-0.4, -0.2) is 94.2 Å². The lowest BCUT2D eigenvalue weighted by Gasteiger charge is -2.19. The number of Topliss-reactive ketones (excluding diaryl/α,β-unsaturated/α-hetero) is 1. The summed E-state index contributed by atoms with van der Waals surface area (Å²) in [5, 5.41) is 31.5. The number of hydrogen-bond acceptors (Lipinski definition) is 10. The minimum atomic E-state index is -4.73. The summed E-state index contributed by atoms with van der Waals surface area (Å²) in [6.45, 7) is 2.23. The molecule has 9 N–H and O–H groups in total. The number of hydrogen-bond donors (Lipinski definition) is 8. The van der Waals surface area contributed by atoms with E-state index in [1.165, 1.54) is 20.2 Å². The van der Waals surface area contributed by atoms with E-state index >= 15 is 0 Å². The van der Waals surface area contributed by atoms with Crippen LogP contribution >= 0.6 is 0 Å². The summed E-state index contributed by atoms with van der Waals surface area (Å²) < 4.78 is 47.0. The highest BCUT2D eigenvalue weighted by Crippen LogP contribution is 2.17. The van der Waals surface area contributed by atoms with Gasteiger partial charge in [-0.05, 0) is 57.6 Å². The fourth-order valence-corrected chi connectivity index (χ4v) is 7.10. The molecule has 0 bridgehead atoms. The van der Waals surface area contributed by atoms with Crippen LogP contribution in [0.4, 0.5) is 4.53 Å².